The highest BCUT2D eigenvalue weighted by atomic mass is 35.5. The number of hydrogen-bond acceptors (Lipinski definition) is 2. The van der Waals surface area contributed by atoms with Gasteiger partial charge in [-0.3, -0.25) is 4.79 Å². The maximum absolute atomic E-state index is 12.3. The lowest BCUT2D eigenvalue weighted by atomic mass is 9.96. The molecule has 0 heterocycles. The smallest absolute Gasteiger partial charge is 0.240 e. The van der Waals surface area contributed by atoms with E-state index in [1.807, 2.05) is 31.2 Å². The first kappa shape index (κ1) is 14.4. The van der Waals surface area contributed by atoms with Gasteiger partial charge in [-0.15, -0.1) is 0 Å². The number of carbonyl (C=O) groups is 1. The minimum Gasteiger partial charge on any atom is -0.348 e. The summed E-state index contributed by atoms with van der Waals surface area (Å²) in [6.07, 6.45) is 4.47. The van der Waals surface area contributed by atoms with Crippen molar-refractivity contribution in [2.75, 3.05) is 0 Å². The highest BCUT2D eigenvalue weighted by Gasteiger charge is 2.37. The molecule has 0 aromatic heterocycles. The van der Waals surface area contributed by atoms with Gasteiger partial charge in [0.1, 0.15) is 0 Å². The summed E-state index contributed by atoms with van der Waals surface area (Å²) in [7, 11) is 0. The van der Waals surface area contributed by atoms with Crippen LogP contribution in [0.15, 0.2) is 24.3 Å². The van der Waals surface area contributed by atoms with Crippen LogP contribution in [0, 0.1) is 0 Å². The molecule has 1 amide bonds. The van der Waals surface area contributed by atoms with Crippen molar-refractivity contribution >= 4 is 17.5 Å². The van der Waals surface area contributed by atoms with Gasteiger partial charge in [-0.25, -0.2) is 0 Å². The van der Waals surface area contributed by atoms with Gasteiger partial charge < -0.3 is 11.1 Å². The molecular weight excluding hydrogens is 260 g/mol. The fraction of sp³-hybridized carbons (Fsp3) is 0.533. The van der Waals surface area contributed by atoms with Crippen LogP contribution in [0.3, 0.4) is 0 Å². The van der Waals surface area contributed by atoms with E-state index in [9.17, 15) is 4.79 Å². The van der Waals surface area contributed by atoms with Crippen molar-refractivity contribution in [3.8, 4) is 0 Å². The van der Waals surface area contributed by atoms with E-state index in [4.69, 9.17) is 17.3 Å². The van der Waals surface area contributed by atoms with Gasteiger partial charge in [-0.05, 0) is 37.0 Å². The monoisotopic (exact) mass is 280 g/mol. The van der Waals surface area contributed by atoms with Crippen molar-refractivity contribution in [2.45, 2.75) is 50.6 Å². The van der Waals surface area contributed by atoms with E-state index >= 15 is 0 Å². The van der Waals surface area contributed by atoms with Crippen LogP contribution in [0.2, 0.25) is 5.02 Å². The summed E-state index contributed by atoms with van der Waals surface area (Å²) >= 11 is 6.00. The van der Waals surface area contributed by atoms with Crippen molar-refractivity contribution in [2.24, 2.45) is 5.73 Å². The highest BCUT2D eigenvalue weighted by molar-refractivity contribution is 6.30. The van der Waals surface area contributed by atoms with Crippen molar-refractivity contribution in [3.63, 3.8) is 0 Å². The highest BCUT2D eigenvalue weighted by Crippen LogP contribution is 2.29. The SMILES string of the molecule is CCC(NC(=O)C1(N)CCCC1)c1cccc(Cl)c1. The Morgan fingerprint density at radius 1 is 1.47 bits per heavy atom. The summed E-state index contributed by atoms with van der Waals surface area (Å²) in [4.78, 5) is 12.3. The Bertz CT molecular complexity index is 455. The number of nitrogens with one attached hydrogen (secondary N) is 1. The second-order valence-electron chi connectivity index (χ2n) is 5.35. The van der Waals surface area contributed by atoms with Crippen molar-refractivity contribution in [1.82, 2.24) is 5.32 Å². The zero-order valence-corrected chi connectivity index (χ0v) is 12.0. The lowest BCUT2D eigenvalue weighted by molar-refractivity contribution is -0.127. The molecular formula is C15H21ClN2O. The maximum Gasteiger partial charge on any atom is 0.240 e. The molecule has 0 radical (unpaired) electrons. The second-order valence-corrected chi connectivity index (χ2v) is 5.79. The molecule has 0 bridgehead atoms. The molecule has 1 unspecified atom stereocenters. The largest absolute Gasteiger partial charge is 0.348 e. The van der Waals surface area contributed by atoms with Gasteiger partial charge in [-0.1, -0.05) is 43.5 Å². The molecule has 2 rings (SSSR count). The zero-order valence-electron chi connectivity index (χ0n) is 11.3. The van der Waals surface area contributed by atoms with Crippen LogP contribution in [0.5, 0.6) is 0 Å². The molecule has 3 N–H and O–H groups in total. The predicted molar refractivity (Wildman–Crippen MR) is 78.0 cm³/mol. The summed E-state index contributed by atoms with van der Waals surface area (Å²) in [5.74, 6) is -0.0307. The summed E-state index contributed by atoms with van der Waals surface area (Å²) in [5.41, 5.74) is 6.53. The minimum atomic E-state index is -0.675. The van der Waals surface area contributed by atoms with Crippen LogP contribution >= 0.6 is 11.6 Å². The first-order valence-corrected chi connectivity index (χ1v) is 7.28. The molecule has 0 saturated heterocycles. The number of nitrogens with two attached hydrogens (primary N) is 1. The Balaban J connectivity index is 2.09. The van der Waals surface area contributed by atoms with E-state index in [0.717, 1.165) is 37.7 Å². The number of hydrogen-bond donors (Lipinski definition) is 2. The van der Waals surface area contributed by atoms with E-state index < -0.39 is 5.54 Å². The van der Waals surface area contributed by atoms with Gasteiger partial charge in [-0.2, -0.15) is 0 Å². The van der Waals surface area contributed by atoms with Gasteiger partial charge in [0.2, 0.25) is 5.91 Å². The topological polar surface area (TPSA) is 55.1 Å². The van der Waals surface area contributed by atoms with E-state index in [1.165, 1.54) is 0 Å². The molecule has 0 spiro atoms. The number of halogens is 1. The Morgan fingerprint density at radius 3 is 2.74 bits per heavy atom. The van der Waals surface area contributed by atoms with Crippen LogP contribution in [0.1, 0.15) is 50.6 Å². The predicted octanol–water partition coefficient (Wildman–Crippen LogP) is 3.18. The van der Waals surface area contributed by atoms with Crippen LogP contribution in [-0.2, 0) is 4.79 Å². The van der Waals surface area contributed by atoms with Gasteiger partial charge in [0, 0.05) is 5.02 Å². The quantitative estimate of drug-likeness (QED) is 0.890. The van der Waals surface area contributed by atoms with Crippen molar-refractivity contribution in [1.29, 1.82) is 0 Å². The first-order valence-electron chi connectivity index (χ1n) is 6.90. The van der Waals surface area contributed by atoms with E-state index in [0.29, 0.717) is 5.02 Å². The fourth-order valence-corrected chi connectivity index (χ4v) is 2.88. The third-order valence-electron chi connectivity index (χ3n) is 3.91. The Morgan fingerprint density at radius 2 is 2.16 bits per heavy atom. The fourth-order valence-electron chi connectivity index (χ4n) is 2.68. The third kappa shape index (κ3) is 3.28. The molecule has 1 aliphatic rings. The van der Waals surface area contributed by atoms with Crippen LogP contribution < -0.4 is 11.1 Å². The van der Waals surface area contributed by atoms with Crippen molar-refractivity contribution < 1.29 is 4.79 Å². The molecule has 1 aromatic carbocycles. The molecule has 4 heteroatoms. The molecule has 19 heavy (non-hydrogen) atoms. The van der Waals surface area contributed by atoms with E-state index in [1.54, 1.807) is 0 Å². The average molecular weight is 281 g/mol. The van der Waals surface area contributed by atoms with Gasteiger partial charge in [0.25, 0.3) is 0 Å². The van der Waals surface area contributed by atoms with E-state index in [2.05, 4.69) is 5.32 Å². The Hall–Kier alpha value is -1.06. The van der Waals surface area contributed by atoms with E-state index in [-0.39, 0.29) is 11.9 Å². The van der Waals surface area contributed by atoms with Crippen LogP contribution in [0.4, 0.5) is 0 Å². The molecule has 0 aliphatic heterocycles. The lowest BCUT2D eigenvalue weighted by Crippen LogP contribution is -2.52. The van der Waals surface area contributed by atoms with Gasteiger partial charge in [0.05, 0.1) is 11.6 Å². The number of carbonyl (C=O) groups excluding carboxylic acids is 1. The number of rotatable bonds is 4. The van der Waals surface area contributed by atoms with Crippen LogP contribution in [0.25, 0.3) is 0 Å². The number of amides is 1. The molecule has 1 aromatic rings. The molecule has 1 aliphatic carbocycles. The lowest BCUT2D eigenvalue weighted by Gasteiger charge is -2.26. The summed E-state index contributed by atoms with van der Waals surface area (Å²) in [6, 6.07) is 7.60. The Labute approximate surface area is 119 Å². The van der Waals surface area contributed by atoms with Crippen molar-refractivity contribution in [3.05, 3.63) is 34.9 Å². The number of benzene rings is 1. The van der Waals surface area contributed by atoms with Gasteiger partial charge >= 0.3 is 0 Å². The third-order valence-corrected chi connectivity index (χ3v) is 4.15. The molecule has 3 nitrogen and oxygen atoms in total. The maximum atomic E-state index is 12.3. The molecule has 104 valence electrons. The molecule has 1 fully saturated rings. The standard InChI is InChI=1S/C15H21ClN2O/c1-2-13(11-6-5-7-12(16)10-11)18-14(19)15(17)8-3-4-9-15/h5-7,10,13H,2-4,8-9,17H2,1H3,(H,18,19). The van der Waals surface area contributed by atoms with Crippen LogP contribution in [-0.4, -0.2) is 11.4 Å². The summed E-state index contributed by atoms with van der Waals surface area (Å²) in [6.45, 7) is 2.05. The molecule has 1 atom stereocenters. The minimum absolute atomic E-state index is 0.0211. The Kier molecular flexibility index (Phi) is 4.48. The first-order chi connectivity index (χ1) is 9.05. The summed E-state index contributed by atoms with van der Waals surface area (Å²) < 4.78 is 0. The average Bonchev–Trinajstić information content (AvgIpc) is 2.84. The normalized spacial score (nSPS) is 19.1. The summed E-state index contributed by atoms with van der Waals surface area (Å²) in [5, 5.41) is 3.76. The second kappa shape index (κ2) is 5.93. The zero-order chi connectivity index (χ0) is 13.9. The molecule has 1 saturated carbocycles. The van der Waals surface area contributed by atoms with Gasteiger partial charge in [0.15, 0.2) is 0 Å².